The van der Waals surface area contributed by atoms with E-state index in [2.05, 4.69) is 24.4 Å². The Morgan fingerprint density at radius 2 is 1.78 bits per heavy atom. The third-order valence-corrected chi connectivity index (χ3v) is 5.46. The number of hydrogen-bond donors (Lipinski definition) is 1. The fourth-order valence-electron chi connectivity index (χ4n) is 2.93. The molecule has 1 N–H and O–H groups in total. The molecule has 1 heterocycles. The van der Waals surface area contributed by atoms with Gasteiger partial charge in [-0.05, 0) is 30.2 Å². The molecule has 0 unspecified atom stereocenters. The van der Waals surface area contributed by atoms with Gasteiger partial charge in [-0.15, -0.1) is 11.8 Å². The Morgan fingerprint density at radius 1 is 1.07 bits per heavy atom. The maximum atomic E-state index is 12.8. The number of carbonyl (C=O) groups is 2. The van der Waals surface area contributed by atoms with Crippen molar-refractivity contribution in [3.8, 4) is 0 Å². The number of nitrogens with one attached hydrogen (secondary N) is 1. The zero-order valence-electron chi connectivity index (χ0n) is 15.4. The van der Waals surface area contributed by atoms with Gasteiger partial charge in [0.1, 0.15) is 0 Å². The smallest absolute Gasteiger partial charge is 0.256 e. The van der Waals surface area contributed by atoms with Crippen LogP contribution in [0.1, 0.15) is 21.5 Å². The maximum Gasteiger partial charge on any atom is 0.256 e. The van der Waals surface area contributed by atoms with Gasteiger partial charge in [0.15, 0.2) is 0 Å². The van der Waals surface area contributed by atoms with Crippen LogP contribution in [0.15, 0.2) is 48.5 Å². The molecule has 0 spiro atoms. The third kappa shape index (κ3) is 5.34. The van der Waals surface area contributed by atoms with Crippen LogP contribution in [-0.2, 0) is 15.3 Å². The van der Waals surface area contributed by atoms with Crippen LogP contribution in [0.25, 0.3) is 0 Å². The molecular weight excluding hydrogens is 360 g/mol. The van der Waals surface area contributed by atoms with Crippen molar-refractivity contribution in [2.24, 2.45) is 0 Å². The highest BCUT2D eigenvalue weighted by molar-refractivity contribution is 7.99. The highest BCUT2D eigenvalue weighted by Gasteiger charge is 2.21. The van der Waals surface area contributed by atoms with E-state index in [0.717, 1.165) is 5.75 Å². The second-order valence-corrected chi connectivity index (χ2v) is 7.40. The van der Waals surface area contributed by atoms with Gasteiger partial charge in [0, 0.05) is 18.8 Å². The van der Waals surface area contributed by atoms with Crippen LogP contribution in [0, 0.1) is 6.92 Å². The number of hydrogen-bond acceptors (Lipinski definition) is 4. The lowest BCUT2D eigenvalue weighted by Gasteiger charge is -2.27. The number of para-hydroxylation sites is 1. The molecule has 0 atom stereocenters. The topological polar surface area (TPSA) is 58.6 Å². The molecule has 2 aromatic rings. The number of ether oxygens (including phenoxy) is 1. The summed E-state index contributed by atoms with van der Waals surface area (Å²) < 4.78 is 5.30. The quantitative estimate of drug-likeness (QED) is 0.830. The molecule has 27 heavy (non-hydrogen) atoms. The van der Waals surface area contributed by atoms with Crippen molar-refractivity contribution < 1.29 is 14.3 Å². The summed E-state index contributed by atoms with van der Waals surface area (Å²) in [6.07, 6.45) is 0. The van der Waals surface area contributed by atoms with Gasteiger partial charge in [-0.25, -0.2) is 0 Å². The molecule has 3 rings (SSSR count). The SMILES string of the molecule is Cc1ccccc1CSCC(=O)Nc1ccccc1C(=O)N1CCOCC1. The van der Waals surface area contributed by atoms with E-state index in [-0.39, 0.29) is 11.8 Å². The lowest BCUT2D eigenvalue weighted by Crippen LogP contribution is -2.41. The molecule has 1 aliphatic rings. The minimum Gasteiger partial charge on any atom is -0.378 e. The first kappa shape index (κ1) is 19.5. The lowest BCUT2D eigenvalue weighted by atomic mass is 10.1. The Bertz CT molecular complexity index is 804. The first-order valence-electron chi connectivity index (χ1n) is 9.03. The van der Waals surface area contributed by atoms with Crippen LogP contribution < -0.4 is 5.32 Å². The lowest BCUT2D eigenvalue weighted by molar-refractivity contribution is -0.113. The summed E-state index contributed by atoms with van der Waals surface area (Å²) in [6.45, 7) is 4.33. The minimum absolute atomic E-state index is 0.0678. The number of thioether (sulfide) groups is 1. The number of rotatable bonds is 6. The van der Waals surface area contributed by atoms with E-state index in [1.807, 2.05) is 24.3 Å². The van der Waals surface area contributed by atoms with Gasteiger partial charge in [-0.2, -0.15) is 0 Å². The number of amides is 2. The van der Waals surface area contributed by atoms with Gasteiger partial charge in [0.2, 0.25) is 5.91 Å². The summed E-state index contributed by atoms with van der Waals surface area (Å²) in [5.74, 6) is 0.959. The van der Waals surface area contributed by atoms with Gasteiger partial charge in [-0.3, -0.25) is 9.59 Å². The second-order valence-electron chi connectivity index (χ2n) is 6.42. The first-order chi connectivity index (χ1) is 13.1. The van der Waals surface area contributed by atoms with E-state index in [1.54, 1.807) is 28.8 Å². The summed E-state index contributed by atoms with van der Waals surface area (Å²) >= 11 is 1.57. The van der Waals surface area contributed by atoms with Crippen LogP contribution >= 0.6 is 11.8 Å². The summed E-state index contributed by atoms with van der Waals surface area (Å²) in [5.41, 5.74) is 3.55. The molecular formula is C21H24N2O3S. The fraction of sp³-hybridized carbons (Fsp3) is 0.333. The number of nitrogens with zero attached hydrogens (tertiary/aromatic N) is 1. The molecule has 2 aromatic carbocycles. The number of anilines is 1. The van der Waals surface area contributed by atoms with Gasteiger partial charge >= 0.3 is 0 Å². The van der Waals surface area contributed by atoms with E-state index >= 15 is 0 Å². The highest BCUT2D eigenvalue weighted by atomic mass is 32.2. The average Bonchev–Trinajstić information content (AvgIpc) is 2.70. The van der Waals surface area contributed by atoms with E-state index in [9.17, 15) is 9.59 Å². The standard InChI is InChI=1S/C21H24N2O3S/c1-16-6-2-3-7-17(16)14-27-15-20(24)22-19-9-5-4-8-18(19)21(25)23-10-12-26-13-11-23/h2-9H,10-15H2,1H3,(H,22,24). The Hall–Kier alpha value is -2.31. The molecule has 1 fully saturated rings. The van der Waals surface area contributed by atoms with Crippen LogP contribution in [0.2, 0.25) is 0 Å². The van der Waals surface area contributed by atoms with E-state index in [1.165, 1.54) is 11.1 Å². The van der Waals surface area contributed by atoms with E-state index in [0.29, 0.717) is 43.3 Å². The number of morpholine rings is 1. The highest BCUT2D eigenvalue weighted by Crippen LogP contribution is 2.20. The monoisotopic (exact) mass is 384 g/mol. The molecule has 0 radical (unpaired) electrons. The molecule has 1 aliphatic heterocycles. The molecule has 0 aliphatic carbocycles. The summed E-state index contributed by atoms with van der Waals surface area (Å²) in [7, 11) is 0. The largest absolute Gasteiger partial charge is 0.378 e. The first-order valence-corrected chi connectivity index (χ1v) is 10.2. The third-order valence-electron chi connectivity index (χ3n) is 4.48. The summed E-state index contributed by atoms with van der Waals surface area (Å²) in [5, 5.41) is 2.89. The van der Waals surface area contributed by atoms with Gasteiger partial charge in [-0.1, -0.05) is 36.4 Å². The van der Waals surface area contributed by atoms with Crippen molar-refractivity contribution in [3.63, 3.8) is 0 Å². The van der Waals surface area contributed by atoms with Crippen LogP contribution in [0.4, 0.5) is 5.69 Å². The molecule has 6 heteroatoms. The van der Waals surface area contributed by atoms with Crippen LogP contribution in [0.5, 0.6) is 0 Å². The van der Waals surface area contributed by atoms with Crippen molar-refractivity contribution in [3.05, 3.63) is 65.2 Å². The van der Waals surface area contributed by atoms with Crippen molar-refractivity contribution in [2.75, 3.05) is 37.4 Å². The van der Waals surface area contributed by atoms with Gasteiger partial charge in [0.25, 0.3) is 5.91 Å². The van der Waals surface area contributed by atoms with E-state index in [4.69, 9.17) is 4.74 Å². The Labute approximate surface area is 164 Å². The summed E-state index contributed by atoms with van der Waals surface area (Å²) in [6, 6.07) is 15.4. The van der Waals surface area contributed by atoms with Crippen molar-refractivity contribution in [1.29, 1.82) is 0 Å². The van der Waals surface area contributed by atoms with Crippen LogP contribution in [0.3, 0.4) is 0 Å². The van der Waals surface area contributed by atoms with Crippen molar-refractivity contribution in [1.82, 2.24) is 4.90 Å². The minimum atomic E-state index is -0.101. The molecule has 5 nitrogen and oxygen atoms in total. The van der Waals surface area contributed by atoms with Crippen molar-refractivity contribution in [2.45, 2.75) is 12.7 Å². The number of carbonyl (C=O) groups excluding carboxylic acids is 2. The Balaban J connectivity index is 1.57. The molecule has 142 valence electrons. The predicted octanol–water partition coefficient (Wildman–Crippen LogP) is 3.34. The molecule has 0 bridgehead atoms. The second kappa shape index (κ2) is 9.58. The maximum absolute atomic E-state index is 12.8. The van der Waals surface area contributed by atoms with Crippen LogP contribution in [-0.4, -0.2) is 48.8 Å². The predicted molar refractivity (Wildman–Crippen MR) is 109 cm³/mol. The average molecular weight is 385 g/mol. The number of aryl methyl sites for hydroxylation is 1. The molecule has 2 amide bonds. The molecule has 0 aromatic heterocycles. The number of benzene rings is 2. The Kier molecular flexibility index (Phi) is 6.90. The Morgan fingerprint density at radius 3 is 2.56 bits per heavy atom. The van der Waals surface area contributed by atoms with Gasteiger partial charge < -0.3 is 15.0 Å². The molecule has 0 saturated carbocycles. The molecule has 1 saturated heterocycles. The zero-order chi connectivity index (χ0) is 19.1. The summed E-state index contributed by atoms with van der Waals surface area (Å²) in [4.78, 5) is 26.9. The van der Waals surface area contributed by atoms with Crippen molar-refractivity contribution >= 4 is 29.3 Å². The normalized spacial score (nSPS) is 14.0. The fourth-order valence-corrected chi connectivity index (χ4v) is 3.83. The zero-order valence-corrected chi connectivity index (χ0v) is 16.3. The van der Waals surface area contributed by atoms with E-state index < -0.39 is 0 Å². The van der Waals surface area contributed by atoms with Gasteiger partial charge in [0.05, 0.1) is 30.2 Å².